The third-order valence-corrected chi connectivity index (χ3v) is 6.16. The highest BCUT2D eigenvalue weighted by molar-refractivity contribution is 5.79. The van der Waals surface area contributed by atoms with Crippen LogP contribution in [0.2, 0.25) is 0 Å². The van der Waals surface area contributed by atoms with E-state index in [1.807, 2.05) is 13.2 Å². The van der Waals surface area contributed by atoms with E-state index in [0.29, 0.717) is 12.6 Å². The topological polar surface area (TPSA) is 57.5 Å². The summed E-state index contributed by atoms with van der Waals surface area (Å²) in [5.74, 6) is 1.85. The quantitative estimate of drug-likeness (QED) is 0.403. The minimum atomic E-state index is 0.529. The van der Waals surface area contributed by atoms with Gasteiger partial charge in [0.2, 0.25) is 0 Å². The Morgan fingerprint density at radius 1 is 1.03 bits per heavy atom. The molecule has 1 aromatic heterocycles. The van der Waals surface area contributed by atoms with Crippen LogP contribution in [-0.4, -0.2) is 46.6 Å². The summed E-state index contributed by atoms with van der Waals surface area (Å²) < 4.78 is 2.21. The first-order valence-corrected chi connectivity index (χ1v) is 11.6. The predicted molar refractivity (Wildman–Crippen MR) is 130 cm³/mol. The number of hydrogen-bond acceptors (Lipinski definition) is 3. The third kappa shape index (κ3) is 6.20. The molecule has 32 heavy (non-hydrogen) atoms. The SMILES string of the molecule is CN=C(NCc1nccn1CCc1ccccc1)NCC1CCCN1Cc1ccccc1. The number of nitrogens with zero attached hydrogens (tertiary/aromatic N) is 4. The molecule has 1 saturated heterocycles. The number of nitrogens with one attached hydrogen (secondary N) is 2. The molecule has 2 aromatic carbocycles. The van der Waals surface area contributed by atoms with Crippen LogP contribution in [0.25, 0.3) is 0 Å². The van der Waals surface area contributed by atoms with Gasteiger partial charge in [-0.1, -0.05) is 60.7 Å². The van der Waals surface area contributed by atoms with Gasteiger partial charge >= 0.3 is 0 Å². The summed E-state index contributed by atoms with van der Waals surface area (Å²) in [5, 5.41) is 6.96. The Balaban J connectivity index is 1.24. The highest BCUT2D eigenvalue weighted by atomic mass is 15.2. The van der Waals surface area contributed by atoms with Crippen molar-refractivity contribution in [3.63, 3.8) is 0 Å². The number of aromatic nitrogens is 2. The number of benzene rings is 2. The van der Waals surface area contributed by atoms with Crippen molar-refractivity contribution in [2.75, 3.05) is 20.1 Å². The van der Waals surface area contributed by atoms with Crippen LogP contribution in [0.5, 0.6) is 0 Å². The summed E-state index contributed by atoms with van der Waals surface area (Å²) in [6.07, 6.45) is 7.40. The molecule has 0 amide bonds. The van der Waals surface area contributed by atoms with E-state index < -0.39 is 0 Å². The standard InChI is InChI=1S/C26H34N6/c1-27-26(29-19-24-13-8-16-32(24)21-23-11-6-3-7-12-23)30-20-25-28-15-18-31(25)17-14-22-9-4-2-5-10-22/h2-7,9-12,15,18,24H,8,13-14,16-17,19-21H2,1H3,(H2,27,29,30). The van der Waals surface area contributed by atoms with Crippen molar-refractivity contribution in [3.8, 4) is 0 Å². The molecule has 168 valence electrons. The Labute approximate surface area is 191 Å². The molecule has 1 atom stereocenters. The fraction of sp³-hybridized carbons (Fsp3) is 0.385. The van der Waals surface area contributed by atoms with Crippen LogP contribution in [-0.2, 0) is 26.1 Å². The lowest BCUT2D eigenvalue weighted by atomic mass is 10.1. The first-order valence-electron chi connectivity index (χ1n) is 11.6. The molecule has 0 saturated carbocycles. The van der Waals surface area contributed by atoms with Gasteiger partial charge in [-0.2, -0.15) is 0 Å². The van der Waals surface area contributed by atoms with Crippen LogP contribution in [0.3, 0.4) is 0 Å². The molecule has 1 aliphatic heterocycles. The van der Waals surface area contributed by atoms with Crippen molar-refractivity contribution in [2.45, 2.75) is 44.9 Å². The van der Waals surface area contributed by atoms with Crippen molar-refractivity contribution < 1.29 is 0 Å². The van der Waals surface area contributed by atoms with Gasteiger partial charge in [-0.15, -0.1) is 0 Å². The van der Waals surface area contributed by atoms with Gasteiger partial charge in [0.15, 0.2) is 5.96 Å². The molecule has 2 heterocycles. The molecule has 2 N–H and O–H groups in total. The number of likely N-dealkylation sites (tertiary alicyclic amines) is 1. The monoisotopic (exact) mass is 430 g/mol. The largest absolute Gasteiger partial charge is 0.355 e. The van der Waals surface area contributed by atoms with E-state index in [0.717, 1.165) is 44.4 Å². The van der Waals surface area contributed by atoms with Crippen molar-refractivity contribution in [1.82, 2.24) is 25.1 Å². The Bertz CT molecular complexity index is 966. The highest BCUT2D eigenvalue weighted by Gasteiger charge is 2.24. The average Bonchev–Trinajstić information content (AvgIpc) is 3.48. The van der Waals surface area contributed by atoms with E-state index >= 15 is 0 Å². The summed E-state index contributed by atoms with van der Waals surface area (Å²) in [6.45, 7) is 4.64. The zero-order valence-electron chi connectivity index (χ0n) is 19.0. The van der Waals surface area contributed by atoms with Crippen molar-refractivity contribution in [1.29, 1.82) is 0 Å². The van der Waals surface area contributed by atoms with E-state index in [4.69, 9.17) is 0 Å². The van der Waals surface area contributed by atoms with E-state index in [9.17, 15) is 0 Å². The lowest BCUT2D eigenvalue weighted by Crippen LogP contribution is -2.44. The van der Waals surface area contributed by atoms with Crippen LogP contribution in [0, 0.1) is 0 Å². The van der Waals surface area contributed by atoms with E-state index in [-0.39, 0.29) is 0 Å². The van der Waals surface area contributed by atoms with Crippen LogP contribution in [0.1, 0.15) is 29.8 Å². The molecular weight excluding hydrogens is 396 g/mol. The minimum Gasteiger partial charge on any atom is -0.355 e. The average molecular weight is 431 g/mol. The zero-order valence-corrected chi connectivity index (χ0v) is 19.0. The first kappa shape index (κ1) is 22.1. The van der Waals surface area contributed by atoms with Gasteiger partial charge in [-0.3, -0.25) is 9.89 Å². The van der Waals surface area contributed by atoms with Gasteiger partial charge in [0.25, 0.3) is 0 Å². The number of rotatable bonds is 9. The molecule has 1 unspecified atom stereocenters. The fourth-order valence-electron chi connectivity index (χ4n) is 4.36. The van der Waals surface area contributed by atoms with Crippen LogP contribution >= 0.6 is 0 Å². The number of guanidine groups is 1. The smallest absolute Gasteiger partial charge is 0.191 e. The Hall–Kier alpha value is -3.12. The normalized spacial score (nSPS) is 16.9. The molecule has 6 nitrogen and oxygen atoms in total. The molecule has 3 aromatic rings. The second-order valence-corrected chi connectivity index (χ2v) is 8.33. The molecule has 6 heteroatoms. The summed E-state index contributed by atoms with van der Waals surface area (Å²) in [4.78, 5) is 11.5. The second kappa shape index (κ2) is 11.5. The maximum Gasteiger partial charge on any atom is 0.191 e. The van der Waals surface area contributed by atoms with Crippen LogP contribution in [0.15, 0.2) is 78.0 Å². The summed E-state index contributed by atoms with van der Waals surface area (Å²) in [5.41, 5.74) is 2.72. The van der Waals surface area contributed by atoms with Crippen LogP contribution < -0.4 is 10.6 Å². The van der Waals surface area contributed by atoms with Gasteiger partial charge in [0.05, 0.1) is 6.54 Å². The number of aliphatic imine (C=N–C) groups is 1. The number of aryl methyl sites for hydroxylation is 2. The maximum absolute atomic E-state index is 4.54. The van der Waals surface area contributed by atoms with Crippen molar-refractivity contribution in [2.24, 2.45) is 4.99 Å². The molecule has 0 spiro atoms. The fourth-order valence-corrected chi connectivity index (χ4v) is 4.36. The first-order chi connectivity index (χ1) is 15.8. The van der Waals surface area contributed by atoms with E-state index in [1.165, 1.54) is 24.0 Å². The van der Waals surface area contributed by atoms with Gasteiger partial charge in [-0.25, -0.2) is 4.98 Å². The summed E-state index contributed by atoms with van der Waals surface area (Å²) in [7, 11) is 1.83. The van der Waals surface area contributed by atoms with Gasteiger partial charge < -0.3 is 15.2 Å². The number of hydrogen-bond donors (Lipinski definition) is 2. The molecule has 0 radical (unpaired) electrons. The molecule has 1 fully saturated rings. The van der Waals surface area contributed by atoms with E-state index in [1.54, 1.807) is 0 Å². The molecule has 1 aliphatic rings. The number of imidazole rings is 1. The van der Waals surface area contributed by atoms with E-state index in [2.05, 4.69) is 96.9 Å². The maximum atomic E-state index is 4.54. The Morgan fingerprint density at radius 2 is 1.78 bits per heavy atom. The predicted octanol–water partition coefficient (Wildman–Crippen LogP) is 3.46. The lowest BCUT2D eigenvalue weighted by Gasteiger charge is -2.25. The van der Waals surface area contributed by atoms with Crippen molar-refractivity contribution >= 4 is 5.96 Å². The summed E-state index contributed by atoms with van der Waals surface area (Å²) in [6, 6.07) is 21.8. The summed E-state index contributed by atoms with van der Waals surface area (Å²) >= 11 is 0. The molecule has 0 aliphatic carbocycles. The van der Waals surface area contributed by atoms with Crippen LogP contribution in [0.4, 0.5) is 0 Å². The molecular formula is C26H34N6. The lowest BCUT2D eigenvalue weighted by molar-refractivity contribution is 0.245. The minimum absolute atomic E-state index is 0.529. The van der Waals surface area contributed by atoms with Gasteiger partial charge in [0.1, 0.15) is 5.82 Å². The zero-order chi connectivity index (χ0) is 22.0. The van der Waals surface area contributed by atoms with Crippen molar-refractivity contribution in [3.05, 3.63) is 90.0 Å². The third-order valence-electron chi connectivity index (χ3n) is 6.16. The molecule has 0 bridgehead atoms. The second-order valence-electron chi connectivity index (χ2n) is 8.33. The van der Waals surface area contributed by atoms with Gasteiger partial charge in [-0.05, 0) is 36.9 Å². The highest BCUT2D eigenvalue weighted by Crippen LogP contribution is 2.19. The Morgan fingerprint density at radius 3 is 2.53 bits per heavy atom. The van der Waals surface area contributed by atoms with Gasteiger partial charge in [0, 0.05) is 45.1 Å². The Kier molecular flexibility index (Phi) is 7.93. The molecule has 4 rings (SSSR count).